The molecular weight excluding hydrogens is 309 g/mol. The Morgan fingerprint density at radius 1 is 1.09 bits per heavy atom. The summed E-state index contributed by atoms with van der Waals surface area (Å²) in [5.74, 6) is -2.05. The summed E-state index contributed by atoms with van der Waals surface area (Å²) >= 11 is 0. The third-order valence-electron chi connectivity index (χ3n) is 3.45. The van der Waals surface area contributed by atoms with Crippen molar-refractivity contribution in [3.63, 3.8) is 0 Å². The third kappa shape index (κ3) is 2.90. The summed E-state index contributed by atoms with van der Waals surface area (Å²) < 4.78 is 40.7. The minimum atomic E-state index is -4.57. The van der Waals surface area contributed by atoms with Crippen molar-refractivity contribution in [2.75, 3.05) is 0 Å². The Kier molecular flexibility index (Phi) is 3.55. The number of aromatic carboxylic acids is 1. The first-order valence-corrected chi connectivity index (χ1v) is 6.71. The predicted octanol–water partition coefficient (Wildman–Crippen LogP) is 3.80. The van der Waals surface area contributed by atoms with Gasteiger partial charge in [0.2, 0.25) is 5.82 Å². The number of rotatable bonds is 3. The Labute approximate surface area is 128 Å². The number of carbonyl (C=O) groups is 1. The van der Waals surface area contributed by atoms with Crippen molar-refractivity contribution >= 4 is 17.0 Å². The Morgan fingerprint density at radius 2 is 1.74 bits per heavy atom. The number of nitrogens with zero attached hydrogens (tertiary/aromatic N) is 2. The number of carboxylic acid groups (broad SMARTS) is 1. The van der Waals surface area contributed by atoms with Gasteiger partial charge in [0.05, 0.1) is 16.6 Å². The lowest BCUT2D eigenvalue weighted by Gasteiger charge is -2.11. The number of halogens is 3. The van der Waals surface area contributed by atoms with E-state index in [1.165, 1.54) is 30.3 Å². The summed E-state index contributed by atoms with van der Waals surface area (Å²) in [7, 11) is 0. The molecule has 0 saturated carbocycles. The van der Waals surface area contributed by atoms with Gasteiger partial charge in [0, 0.05) is 6.54 Å². The molecule has 2 aromatic carbocycles. The fourth-order valence-corrected chi connectivity index (χ4v) is 2.39. The second-order valence-electron chi connectivity index (χ2n) is 5.01. The van der Waals surface area contributed by atoms with Gasteiger partial charge in [-0.15, -0.1) is 0 Å². The van der Waals surface area contributed by atoms with Crippen molar-refractivity contribution in [2.24, 2.45) is 0 Å². The van der Waals surface area contributed by atoms with Crippen LogP contribution in [0.1, 0.15) is 21.7 Å². The van der Waals surface area contributed by atoms with Crippen LogP contribution in [0.4, 0.5) is 13.2 Å². The number of aromatic nitrogens is 2. The van der Waals surface area contributed by atoms with Crippen molar-refractivity contribution in [1.82, 2.24) is 9.55 Å². The predicted molar refractivity (Wildman–Crippen MR) is 77.2 cm³/mol. The highest BCUT2D eigenvalue weighted by molar-refractivity contribution is 5.87. The van der Waals surface area contributed by atoms with Gasteiger partial charge in [0.1, 0.15) is 0 Å². The molecule has 23 heavy (non-hydrogen) atoms. The average Bonchev–Trinajstić information content (AvgIpc) is 2.87. The topological polar surface area (TPSA) is 55.1 Å². The maximum absolute atomic E-state index is 13.2. The highest BCUT2D eigenvalue weighted by Crippen LogP contribution is 2.32. The number of imidazole rings is 1. The Hall–Kier alpha value is -2.83. The van der Waals surface area contributed by atoms with Crippen molar-refractivity contribution in [1.29, 1.82) is 0 Å². The van der Waals surface area contributed by atoms with Crippen LogP contribution in [0.5, 0.6) is 0 Å². The lowest BCUT2D eigenvalue weighted by Crippen LogP contribution is -2.15. The van der Waals surface area contributed by atoms with E-state index in [9.17, 15) is 18.0 Å². The number of alkyl halides is 3. The summed E-state index contributed by atoms with van der Waals surface area (Å²) in [6, 6.07) is 12.1. The molecule has 1 N–H and O–H groups in total. The van der Waals surface area contributed by atoms with E-state index in [1.807, 2.05) is 0 Å². The molecule has 1 heterocycles. The Bertz CT molecular complexity index is 867. The lowest BCUT2D eigenvalue weighted by atomic mass is 10.1. The van der Waals surface area contributed by atoms with Crippen LogP contribution < -0.4 is 0 Å². The zero-order valence-electron chi connectivity index (χ0n) is 11.7. The number of fused-ring (bicyclic) bond motifs is 1. The van der Waals surface area contributed by atoms with Gasteiger partial charge in [0.25, 0.3) is 0 Å². The molecule has 0 saturated heterocycles. The second-order valence-corrected chi connectivity index (χ2v) is 5.01. The van der Waals surface area contributed by atoms with E-state index in [1.54, 1.807) is 18.2 Å². The molecule has 1 aromatic heterocycles. The SMILES string of the molecule is O=C(O)c1ccc(Cn2c(C(F)(F)F)nc3ccccc32)cc1. The van der Waals surface area contributed by atoms with Gasteiger partial charge < -0.3 is 9.67 Å². The van der Waals surface area contributed by atoms with E-state index in [4.69, 9.17) is 5.11 Å². The molecule has 7 heteroatoms. The van der Waals surface area contributed by atoms with E-state index in [-0.39, 0.29) is 17.6 Å². The van der Waals surface area contributed by atoms with Gasteiger partial charge >= 0.3 is 12.1 Å². The van der Waals surface area contributed by atoms with Gasteiger partial charge in [0.15, 0.2) is 0 Å². The number of carboxylic acids is 1. The summed E-state index contributed by atoms with van der Waals surface area (Å²) in [6.45, 7) is -0.0464. The summed E-state index contributed by atoms with van der Waals surface area (Å²) in [5, 5.41) is 8.86. The molecule has 0 radical (unpaired) electrons. The van der Waals surface area contributed by atoms with Gasteiger partial charge in [-0.05, 0) is 29.8 Å². The Balaban J connectivity index is 2.06. The largest absolute Gasteiger partial charge is 0.478 e. The minimum Gasteiger partial charge on any atom is -0.478 e. The van der Waals surface area contributed by atoms with E-state index in [0.717, 1.165) is 4.57 Å². The molecule has 0 aliphatic rings. The van der Waals surface area contributed by atoms with Crippen molar-refractivity contribution in [3.05, 3.63) is 65.5 Å². The molecule has 0 amide bonds. The highest BCUT2D eigenvalue weighted by Gasteiger charge is 2.37. The van der Waals surface area contributed by atoms with E-state index >= 15 is 0 Å². The highest BCUT2D eigenvalue weighted by atomic mass is 19.4. The van der Waals surface area contributed by atoms with Crippen LogP contribution >= 0.6 is 0 Å². The molecule has 0 spiro atoms. The van der Waals surface area contributed by atoms with Crippen LogP contribution in [-0.4, -0.2) is 20.6 Å². The fraction of sp³-hybridized carbons (Fsp3) is 0.125. The smallest absolute Gasteiger partial charge is 0.449 e. The molecular formula is C16H11F3N2O2. The molecule has 0 atom stereocenters. The molecule has 0 unspecified atom stereocenters. The zero-order valence-corrected chi connectivity index (χ0v) is 11.7. The lowest BCUT2D eigenvalue weighted by molar-refractivity contribution is -0.146. The first-order valence-electron chi connectivity index (χ1n) is 6.71. The van der Waals surface area contributed by atoms with Crippen molar-refractivity contribution in [2.45, 2.75) is 12.7 Å². The monoisotopic (exact) mass is 320 g/mol. The minimum absolute atomic E-state index is 0.0464. The molecule has 0 aliphatic carbocycles. The number of benzene rings is 2. The van der Waals surface area contributed by atoms with Gasteiger partial charge in [-0.1, -0.05) is 24.3 Å². The number of hydrogen-bond donors (Lipinski definition) is 1. The molecule has 3 rings (SSSR count). The fourth-order valence-electron chi connectivity index (χ4n) is 2.39. The van der Waals surface area contributed by atoms with Crippen LogP contribution in [0.3, 0.4) is 0 Å². The summed E-state index contributed by atoms with van der Waals surface area (Å²) in [4.78, 5) is 14.5. The number of para-hydroxylation sites is 2. The first-order chi connectivity index (χ1) is 10.9. The van der Waals surface area contributed by atoms with Crippen LogP contribution in [-0.2, 0) is 12.7 Å². The van der Waals surface area contributed by atoms with Crippen LogP contribution in [0.2, 0.25) is 0 Å². The maximum Gasteiger partial charge on any atom is 0.449 e. The van der Waals surface area contributed by atoms with Gasteiger partial charge in [-0.3, -0.25) is 0 Å². The summed E-state index contributed by atoms with van der Waals surface area (Å²) in [5.41, 5.74) is 1.29. The molecule has 0 fully saturated rings. The van der Waals surface area contributed by atoms with Gasteiger partial charge in [-0.2, -0.15) is 13.2 Å². The average molecular weight is 320 g/mol. The normalized spacial score (nSPS) is 11.8. The van der Waals surface area contributed by atoms with Crippen molar-refractivity contribution in [3.8, 4) is 0 Å². The molecule has 0 aliphatic heterocycles. The number of hydrogen-bond acceptors (Lipinski definition) is 2. The molecule has 0 bridgehead atoms. The quantitative estimate of drug-likeness (QED) is 0.798. The third-order valence-corrected chi connectivity index (χ3v) is 3.45. The second kappa shape index (κ2) is 5.42. The maximum atomic E-state index is 13.2. The van der Waals surface area contributed by atoms with E-state index in [2.05, 4.69) is 4.98 Å². The zero-order chi connectivity index (χ0) is 16.6. The first kappa shape index (κ1) is 15.1. The standard InChI is InChI=1S/C16H11F3N2O2/c17-16(18,19)15-20-12-3-1-2-4-13(12)21(15)9-10-5-7-11(8-6-10)14(22)23/h1-8H,9H2,(H,22,23). The molecule has 4 nitrogen and oxygen atoms in total. The molecule has 3 aromatic rings. The van der Waals surface area contributed by atoms with E-state index < -0.39 is 18.0 Å². The van der Waals surface area contributed by atoms with Crippen LogP contribution in [0.15, 0.2) is 48.5 Å². The van der Waals surface area contributed by atoms with Crippen LogP contribution in [0.25, 0.3) is 11.0 Å². The molecule has 118 valence electrons. The van der Waals surface area contributed by atoms with Crippen molar-refractivity contribution < 1.29 is 23.1 Å². The Morgan fingerprint density at radius 3 is 2.35 bits per heavy atom. The van der Waals surface area contributed by atoms with Crippen LogP contribution in [0, 0.1) is 0 Å². The van der Waals surface area contributed by atoms with Gasteiger partial charge in [-0.25, -0.2) is 9.78 Å². The van der Waals surface area contributed by atoms with E-state index in [0.29, 0.717) is 11.1 Å². The summed E-state index contributed by atoms with van der Waals surface area (Å²) in [6.07, 6.45) is -4.57.